The first-order valence-electron chi connectivity index (χ1n) is 10.8. The van der Waals surface area contributed by atoms with Gasteiger partial charge in [-0.1, -0.05) is 66.9 Å². The van der Waals surface area contributed by atoms with Crippen LogP contribution in [0.1, 0.15) is 54.1 Å². The van der Waals surface area contributed by atoms with Crippen molar-refractivity contribution in [3.63, 3.8) is 0 Å². The van der Waals surface area contributed by atoms with Gasteiger partial charge in [-0.05, 0) is 42.5 Å². The number of nitrogens with two attached hydrogens (primary N) is 1. The highest BCUT2D eigenvalue weighted by molar-refractivity contribution is 6.42. The maximum Gasteiger partial charge on any atom is 0.270 e. The number of hydrogen-bond acceptors (Lipinski definition) is 5. The zero-order chi connectivity index (χ0) is 24.8. The molecule has 1 aliphatic carbocycles. The van der Waals surface area contributed by atoms with Crippen molar-refractivity contribution in [2.45, 2.75) is 39.5 Å². The van der Waals surface area contributed by atoms with E-state index in [0.29, 0.717) is 40.3 Å². The monoisotopic (exact) mass is 494 g/mol. The molecule has 8 heteroatoms. The molecule has 0 radical (unpaired) electrons. The van der Waals surface area contributed by atoms with E-state index in [2.05, 4.69) is 11.5 Å². The molecule has 0 bridgehead atoms. The smallest absolute Gasteiger partial charge is 0.270 e. The van der Waals surface area contributed by atoms with E-state index < -0.39 is 11.8 Å². The molecule has 1 aliphatic heterocycles. The molecule has 0 saturated carbocycles. The highest BCUT2D eigenvalue weighted by Gasteiger charge is 2.45. The Labute approximate surface area is 208 Å². The molecule has 2 aromatic rings. The third-order valence-corrected chi connectivity index (χ3v) is 7.03. The number of carbonyl (C=O) groups is 2. The Morgan fingerprint density at radius 2 is 1.85 bits per heavy atom. The third kappa shape index (κ3) is 4.18. The predicted octanol–water partition coefficient (Wildman–Crippen LogP) is 5.38. The summed E-state index contributed by atoms with van der Waals surface area (Å²) < 4.78 is 0. The van der Waals surface area contributed by atoms with Gasteiger partial charge in [0, 0.05) is 17.6 Å². The van der Waals surface area contributed by atoms with Crippen LogP contribution in [-0.2, 0) is 4.79 Å². The van der Waals surface area contributed by atoms with Crippen LogP contribution in [0, 0.1) is 23.7 Å². The summed E-state index contributed by atoms with van der Waals surface area (Å²) in [5, 5.41) is 12.1. The minimum Gasteiger partial charge on any atom is -0.383 e. The minimum absolute atomic E-state index is 0.0493. The van der Waals surface area contributed by atoms with Crippen molar-refractivity contribution in [1.82, 2.24) is 10.4 Å². The van der Waals surface area contributed by atoms with E-state index in [-0.39, 0.29) is 27.6 Å². The molecule has 3 N–H and O–H groups in total. The molecule has 2 aromatic carbocycles. The number of ketones is 1. The van der Waals surface area contributed by atoms with Gasteiger partial charge in [-0.3, -0.25) is 15.0 Å². The van der Waals surface area contributed by atoms with E-state index in [1.54, 1.807) is 30.3 Å². The number of halogens is 2. The van der Waals surface area contributed by atoms with Gasteiger partial charge in [-0.15, -0.1) is 0 Å². The van der Waals surface area contributed by atoms with Crippen molar-refractivity contribution in [3.05, 3.63) is 91.9 Å². The number of benzene rings is 2. The van der Waals surface area contributed by atoms with Gasteiger partial charge in [-0.2, -0.15) is 5.26 Å². The summed E-state index contributed by atoms with van der Waals surface area (Å²) in [4.78, 5) is 26.6. The van der Waals surface area contributed by atoms with Crippen LogP contribution >= 0.6 is 23.2 Å². The Morgan fingerprint density at radius 3 is 2.50 bits per heavy atom. The summed E-state index contributed by atoms with van der Waals surface area (Å²) in [5.74, 6) is -1.25. The third-order valence-electron chi connectivity index (χ3n) is 6.20. The molecule has 6 nitrogen and oxygen atoms in total. The van der Waals surface area contributed by atoms with E-state index in [1.807, 2.05) is 32.9 Å². The Kier molecular flexibility index (Phi) is 6.20. The van der Waals surface area contributed by atoms with Crippen LogP contribution in [0.5, 0.6) is 0 Å². The zero-order valence-corrected chi connectivity index (χ0v) is 20.6. The normalized spacial score (nSPS) is 19.6. The summed E-state index contributed by atoms with van der Waals surface area (Å²) >= 11 is 12.8. The summed E-state index contributed by atoms with van der Waals surface area (Å²) in [6.07, 6.45) is 0.759. The van der Waals surface area contributed by atoms with E-state index in [4.69, 9.17) is 28.9 Å². The van der Waals surface area contributed by atoms with Gasteiger partial charge in [0.05, 0.1) is 33.3 Å². The average molecular weight is 495 g/mol. The Bertz CT molecular complexity index is 1300. The van der Waals surface area contributed by atoms with E-state index in [1.165, 1.54) is 5.01 Å². The molecule has 0 aromatic heterocycles. The van der Waals surface area contributed by atoms with Gasteiger partial charge in [0.15, 0.2) is 5.78 Å². The molecule has 0 saturated heterocycles. The number of nitrogens with one attached hydrogen (secondary N) is 1. The van der Waals surface area contributed by atoms with E-state index in [9.17, 15) is 14.9 Å². The first-order valence-corrected chi connectivity index (χ1v) is 11.6. The summed E-state index contributed by atoms with van der Waals surface area (Å²) in [7, 11) is 0. The standard InChI is InChI=1S/C26H24Cl2N4O2/c1-14-7-9-15(10-8-14)25(34)31-32-19-11-26(2,3)12-20(33)22(19)21(17(13-29)24(32)30)16-5-4-6-18(27)23(16)28/h4-10,21H,11-12,30H2,1-3H3,(H,31,34). The number of nitriles is 1. The molecule has 4 rings (SSSR count). The number of allylic oxidation sites excluding steroid dienone is 3. The van der Waals surface area contributed by atoms with Crippen molar-refractivity contribution in [2.75, 3.05) is 0 Å². The van der Waals surface area contributed by atoms with Crippen LogP contribution in [0.25, 0.3) is 0 Å². The van der Waals surface area contributed by atoms with Crippen molar-refractivity contribution < 1.29 is 9.59 Å². The second-order valence-corrected chi connectivity index (χ2v) is 10.2. The molecule has 174 valence electrons. The van der Waals surface area contributed by atoms with Gasteiger partial charge in [0.2, 0.25) is 0 Å². The molecule has 1 heterocycles. The lowest BCUT2D eigenvalue weighted by atomic mass is 9.69. The van der Waals surface area contributed by atoms with Crippen LogP contribution in [0.4, 0.5) is 0 Å². The second-order valence-electron chi connectivity index (χ2n) is 9.43. The average Bonchev–Trinajstić information content (AvgIpc) is 2.77. The molecule has 1 atom stereocenters. The summed E-state index contributed by atoms with van der Waals surface area (Å²) in [5.41, 5.74) is 12.0. The van der Waals surface area contributed by atoms with Crippen LogP contribution in [0.2, 0.25) is 10.0 Å². The molecule has 0 spiro atoms. The topological polar surface area (TPSA) is 99.2 Å². The zero-order valence-electron chi connectivity index (χ0n) is 19.1. The first kappa shape index (κ1) is 23.9. The molecule has 1 amide bonds. The molecular formula is C26H24Cl2N4O2. The minimum atomic E-state index is -0.776. The SMILES string of the molecule is Cc1ccc(C(=O)NN2C(N)=C(C#N)C(c3cccc(Cl)c3Cl)C3=C2CC(C)(C)CC3=O)cc1. The quantitative estimate of drug-likeness (QED) is 0.596. The van der Waals surface area contributed by atoms with Crippen molar-refractivity contribution in [3.8, 4) is 6.07 Å². The lowest BCUT2D eigenvalue weighted by molar-refractivity contribution is -0.118. The van der Waals surface area contributed by atoms with Gasteiger partial charge in [0.25, 0.3) is 5.91 Å². The molecule has 34 heavy (non-hydrogen) atoms. The number of aryl methyl sites for hydroxylation is 1. The number of Topliss-reactive ketones (excluding diaryl/α,β-unsaturated/α-hetero) is 1. The molecular weight excluding hydrogens is 471 g/mol. The maximum atomic E-state index is 13.5. The lowest BCUT2D eigenvalue weighted by Gasteiger charge is -2.43. The molecule has 0 fully saturated rings. The van der Waals surface area contributed by atoms with E-state index >= 15 is 0 Å². The van der Waals surface area contributed by atoms with Crippen molar-refractivity contribution >= 4 is 34.9 Å². The largest absolute Gasteiger partial charge is 0.383 e. The first-order chi connectivity index (χ1) is 16.0. The fourth-order valence-corrected chi connectivity index (χ4v) is 4.98. The second kappa shape index (κ2) is 8.83. The Hall–Kier alpha value is -3.27. The van der Waals surface area contributed by atoms with Crippen LogP contribution in [0.15, 0.2) is 65.1 Å². The number of hydrogen-bond donors (Lipinski definition) is 2. The van der Waals surface area contributed by atoms with E-state index in [0.717, 1.165) is 5.56 Å². The molecule has 2 aliphatic rings. The maximum absolute atomic E-state index is 13.5. The number of carbonyl (C=O) groups excluding carboxylic acids is 2. The summed E-state index contributed by atoms with van der Waals surface area (Å²) in [6.45, 7) is 5.89. The predicted molar refractivity (Wildman–Crippen MR) is 132 cm³/mol. The Morgan fingerprint density at radius 1 is 1.18 bits per heavy atom. The number of amides is 1. The fraction of sp³-hybridized carbons (Fsp3) is 0.269. The highest BCUT2D eigenvalue weighted by atomic mass is 35.5. The number of nitrogens with zero attached hydrogens (tertiary/aromatic N) is 2. The number of hydrazine groups is 1. The Balaban J connectivity index is 1.88. The van der Waals surface area contributed by atoms with Crippen molar-refractivity contribution in [1.29, 1.82) is 5.26 Å². The van der Waals surface area contributed by atoms with Gasteiger partial charge < -0.3 is 5.73 Å². The highest BCUT2D eigenvalue weighted by Crippen LogP contribution is 2.50. The molecule has 1 unspecified atom stereocenters. The van der Waals surface area contributed by atoms with Gasteiger partial charge >= 0.3 is 0 Å². The van der Waals surface area contributed by atoms with Crippen LogP contribution < -0.4 is 11.2 Å². The van der Waals surface area contributed by atoms with Crippen LogP contribution in [0.3, 0.4) is 0 Å². The summed E-state index contributed by atoms with van der Waals surface area (Å²) in [6, 6.07) is 14.3. The van der Waals surface area contributed by atoms with Gasteiger partial charge in [-0.25, -0.2) is 5.01 Å². The lowest BCUT2D eigenvalue weighted by Crippen LogP contribution is -2.49. The fourth-order valence-electron chi connectivity index (χ4n) is 4.56. The van der Waals surface area contributed by atoms with Gasteiger partial charge in [0.1, 0.15) is 5.82 Å². The van der Waals surface area contributed by atoms with Crippen LogP contribution in [-0.4, -0.2) is 16.7 Å². The van der Waals surface area contributed by atoms with Crippen molar-refractivity contribution in [2.24, 2.45) is 11.1 Å². The number of rotatable bonds is 3.